The molecule has 0 saturated carbocycles. The second-order valence-electron chi connectivity index (χ2n) is 29.0. The number of unbranched alkanes of at least 4 members (excludes halogenated alkanes) is 16. The number of rotatable bonds is 84. The van der Waals surface area contributed by atoms with Crippen LogP contribution >= 0.6 is 65.4 Å². The van der Waals surface area contributed by atoms with E-state index in [1.807, 2.05) is 111 Å². The fraction of sp³-hybridized carbons (Fsp3) is 1.00. The summed E-state index contributed by atoms with van der Waals surface area (Å²) in [6.07, 6.45) is -4.72. The predicted molar refractivity (Wildman–Crippen MR) is 466 cm³/mol. The van der Waals surface area contributed by atoms with Gasteiger partial charge < -0.3 is 14.2 Å². The standard InChI is InChI=1S/C76H166O35P8/c1-17-33-49-85-112(77,86-50-34-18-2)101-65-67-69(71(107-115(80,91-55-39-23-7)92-56-40-24-8)74(110-118(83,97-61-45-29-13)98-62-46-30-14)76(104-67)111-119(84,99-63-47-31-15)100-64-48-32-16)105-75-73(109-117(82,95-59-43-27-11)96-60-44-28-12)72(108-116(81,93-57-41-25-9)94-58-42-26-10)70(106-114(79,89-53-37-21-5)90-54-38-22-6)68(103-75)66-102-113(78,87-51-35-19-3)88-52-36-20-4/h67-84H,17-66H2,1-16H3/q+8/t67?,68?,69-,70+,71+,72?,73+,74?,75+,76?/m1/s1. The Hall–Kier alpha value is 2.04. The molecule has 0 aliphatic carbocycles. The fourth-order valence-electron chi connectivity index (χ4n) is 10.4. The van der Waals surface area contributed by atoms with Crippen LogP contribution in [0.1, 0.15) is 316 Å². The summed E-state index contributed by atoms with van der Waals surface area (Å²) >= 11 is 0. The molecule has 2 aliphatic heterocycles. The molecule has 10 atom stereocenters. The third-order valence-electron chi connectivity index (χ3n) is 17.8. The smallest absolute Gasteiger partial charge is 0.341 e. The van der Waals surface area contributed by atoms with E-state index in [4.69, 9.17) is 123 Å². The molecule has 43 heteroatoms. The highest BCUT2D eigenvalue weighted by molar-refractivity contribution is 7.57. The molecule has 0 bridgehead atoms. The van der Waals surface area contributed by atoms with E-state index in [0.717, 1.165) is 0 Å². The first kappa shape index (κ1) is 117. The lowest BCUT2D eigenvalue weighted by Crippen LogP contribution is -2.66. The Bertz CT molecular complexity index is 2300. The van der Waals surface area contributed by atoms with Gasteiger partial charge in [-0.1, -0.05) is 214 Å². The number of ether oxygens (including phenoxy) is 3. The average Bonchev–Trinajstić information content (AvgIpc) is 0.749. The van der Waals surface area contributed by atoms with Crippen LogP contribution in [0.5, 0.6) is 0 Å². The zero-order chi connectivity index (χ0) is 88.2. The van der Waals surface area contributed by atoms with Gasteiger partial charge in [0, 0.05) is 0 Å². The monoisotopic (exact) mass is 1890 g/mol. The lowest BCUT2D eigenvalue weighted by Gasteiger charge is -2.47. The maximum absolute atomic E-state index is 13.5. The van der Waals surface area contributed by atoms with E-state index in [2.05, 4.69) is 0 Å². The zero-order valence-electron chi connectivity index (χ0n) is 75.3. The first-order chi connectivity index (χ1) is 57.2. The normalized spacial score (nSPS) is 20.9. The van der Waals surface area contributed by atoms with Crippen molar-refractivity contribution in [2.24, 2.45) is 0 Å². The van der Waals surface area contributed by atoms with Gasteiger partial charge in [-0.2, -0.15) is 121 Å². The topological polar surface area (TPSA) is 411 Å². The molecule has 712 valence electrons. The molecule has 2 heterocycles. The molecule has 2 saturated heterocycles. The molecule has 119 heavy (non-hydrogen) atoms. The number of hydrogen-bond donors (Lipinski definition) is 8. The zero-order valence-corrected chi connectivity index (χ0v) is 82.5. The highest BCUT2D eigenvalue weighted by atomic mass is 31.2. The van der Waals surface area contributed by atoms with Gasteiger partial charge in [0.15, 0.2) is 36.8 Å². The van der Waals surface area contributed by atoms with E-state index in [1.54, 1.807) is 0 Å². The molecule has 0 aromatic heterocycles. The molecule has 0 spiro atoms. The molecule has 35 nitrogen and oxygen atoms in total. The summed E-state index contributed by atoms with van der Waals surface area (Å²) in [7, 11) is -37.8. The van der Waals surface area contributed by atoms with Crippen LogP contribution in [0.25, 0.3) is 0 Å². The molecular formula is C76H166O35P8+8. The van der Waals surface area contributed by atoms with Crippen molar-refractivity contribution in [1.29, 1.82) is 0 Å². The maximum Gasteiger partial charge on any atom is 0.575 e. The number of hydrogen-bond acceptors (Lipinski definition) is 35. The van der Waals surface area contributed by atoms with E-state index in [-0.39, 0.29) is 106 Å². The highest BCUT2D eigenvalue weighted by Gasteiger charge is 2.71. The minimum absolute atomic E-state index is 0.0298. The highest BCUT2D eigenvalue weighted by Crippen LogP contribution is 2.70. The molecule has 0 radical (unpaired) electrons. The van der Waals surface area contributed by atoms with E-state index in [9.17, 15) is 39.1 Å². The Kier molecular flexibility index (Phi) is 67.9. The van der Waals surface area contributed by atoms with Crippen molar-refractivity contribution in [2.75, 3.05) is 119 Å². The quantitative estimate of drug-likeness (QED) is 0.0207. The van der Waals surface area contributed by atoms with Crippen LogP contribution in [0.4, 0.5) is 0 Å². The third kappa shape index (κ3) is 49.4. The Morgan fingerprint density at radius 2 is 0.336 bits per heavy atom. The Labute approximate surface area is 720 Å². The van der Waals surface area contributed by atoms with E-state index < -0.39 is 140 Å². The van der Waals surface area contributed by atoms with Gasteiger partial charge in [-0.3, -0.25) is 0 Å². The van der Waals surface area contributed by atoms with Crippen molar-refractivity contribution >= 4 is 65.4 Å². The lowest BCUT2D eigenvalue weighted by molar-refractivity contribution is -0.348. The SMILES string of the molecule is CCCCO[P+](O)(OCCCC)OCC1O[C@@H](O[C@@H]2C(CO[P+](O)(OCCCC)OCCCC)OC(O[P+](O)(OCCCC)OCCCC)C(O[P+](O)(OCCCC)OCCCC)[C@H]2O[P+](O)(OCCCC)OCCCC)[C@@H](O[P+](O)(OCCCC)OCCCC)C(O[P+](O)(OCCCC)OCCCC)[C@H]1O[P+](O)(OCCCC)OCCCC. The van der Waals surface area contributed by atoms with Crippen molar-refractivity contribution < 1.29 is 162 Å². The van der Waals surface area contributed by atoms with Crippen LogP contribution in [0.15, 0.2) is 0 Å². The summed E-state index contributed by atoms with van der Waals surface area (Å²) in [6.45, 7) is 27.3. The van der Waals surface area contributed by atoms with Crippen molar-refractivity contribution in [3.05, 3.63) is 0 Å². The van der Waals surface area contributed by atoms with Crippen LogP contribution in [0.2, 0.25) is 0 Å². The second-order valence-corrected chi connectivity index (χ2v) is 42.4. The van der Waals surface area contributed by atoms with Crippen molar-refractivity contribution in [3.8, 4) is 0 Å². The summed E-state index contributed by atoms with van der Waals surface area (Å²) in [4.78, 5) is 105. The molecule has 8 N–H and O–H groups in total. The third-order valence-corrected chi connectivity index (χ3v) is 29.9. The largest absolute Gasteiger partial charge is 0.575 e. The molecule has 0 amide bonds. The van der Waals surface area contributed by atoms with Gasteiger partial charge in [0.25, 0.3) is 0 Å². The molecule has 2 fully saturated rings. The van der Waals surface area contributed by atoms with Crippen LogP contribution in [0, 0.1) is 0 Å². The Balaban J connectivity index is 3.99. The van der Waals surface area contributed by atoms with Crippen molar-refractivity contribution in [1.82, 2.24) is 0 Å². The molecule has 0 aromatic rings. The van der Waals surface area contributed by atoms with Gasteiger partial charge in [0.1, 0.15) is 137 Å². The Morgan fingerprint density at radius 3 is 0.555 bits per heavy atom. The van der Waals surface area contributed by atoms with Gasteiger partial charge in [-0.05, 0) is 103 Å². The second kappa shape index (κ2) is 69.0. The molecular weight excluding hydrogens is 1720 g/mol. The summed E-state index contributed by atoms with van der Waals surface area (Å²) in [5.41, 5.74) is 0. The molecule has 5 unspecified atom stereocenters. The summed E-state index contributed by atoms with van der Waals surface area (Å²) < 4.78 is 179. The predicted octanol–water partition coefficient (Wildman–Crippen LogP) is 21.2. The molecule has 2 aliphatic rings. The van der Waals surface area contributed by atoms with E-state index in [0.29, 0.717) is 205 Å². The van der Waals surface area contributed by atoms with E-state index >= 15 is 0 Å². The van der Waals surface area contributed by atoms with Gasteiger partial charge in [0.05, 0.1) is 0 Å². The van der Waals surface area contributed by atoms with Crippen LogP contribution in [-0.2, 0) is 123 Å². The summed E-state index contributed by atoms with van der Waals surface area (Å²) in [5, 5.41) is 0. The molecule has 2 rings (SSSR count). The van der Waals surface area contributed by atoms with Gasteiger partial charge >= 0.3 is 65.4 Å². The van der Waals surface area contributed by atoms with Gasteiger partial charge in [0.2, 0.25) is 6.29 Å². The minimum Gasteiger partial charge on any atom is -0.341 e. The summed E-state index contributed by atoms with van der Waals surface area (Å²) in [5.74, 6) is 0. The fourth-order valence-corrected chi connectivity index (χ4v) is 21.6. The first-order valence-electron chi connectivity index (χ1n) is 44.8. The van der Waals surface area contributed by atoms with Crippen LogP contribution in [0.3, 0.4) is 0 Å². The Morgan fingerprint density at radius 1 is 0.176 bits per heavy atom. The van der Waals surface area contributed by atoms with Crippen molar-refractivity contribution in [3.63, 3.8) is 0 Å². The average molecular weight is 1890 g/mol. The van der Waals surface area contributed by atoms with Gasteiger partial charge in [-0.15, -0.1) is 27.1 Å². The molecule has 0 aromatic carbocycles. The van der Waals surface area contributed by atoms with Gasteiger partial charge in [-0.25, -0.2) is 0 Å². The van der Waals surface area contributed by atoms with Crippen molar-refractivity contribution in [2.45, 2.75) is 378 Å². The maximum atomic E-state index is 13.5. The minimum atomic E-state index is -4.90. The van der Waals surface area contributed by atoms with Crippen LogP contribution in [-0.4, -0.2) is 219 Å². The summed E-state index contributed by atoms with van der Waals surface area (Å²) in [6, 6.07) is 0. The van der Waals surface area contributed by atoms with Crippen LogP contribution < -0.4 is 0 Å². The van der Waals surface area contributed by atoms with E-state index in [1.165, 1.54) is 0 Å². The lowest BCUT2D eigenvalue weighted by atomic mass is 9.97. The first-order valence-corrected chi connectivity index (χ1v) is 56.8.